The number of anilines is 1. The molecule has 2 heterocycles. The minimum absolute atomic E-state index is 0.0809. The standard InChI is InChI=1S/C15H22N4OS/c1-9(2)15-18-12(8-21-15)11(5)17-13-6-16-7-14(19-13)20-10(3)4/h6-11H,1-5H3,(H,17,19). The number of hydrogen-bond donors (Lipinski definition) is 1. The molecule has 0 bridgehead atoms. The summed E-state index contributed by atoms with van der Waals surface area (Å²) < 4.78 is 5.55. The van der Waals surface area contributed by atoms with Gasteiger partial charge in [0.25, 0.3) is 0 Å². The SMILES string of the molecule is CC(C)Oc1cncc(NC(C)c2csc(C(C)C)n2)n1. The average Bonchev–Trinajstić information content (AvgIpc) is 2.88. The van der Waals surface area contributed by atoms with Crippen molar-refractivity contribution in [3.8, 4) is 5.88 Å². The van der Waals surface area contributed by atoms with Crippen molar-refractivity contribution in [3.05, 3.63) is 28.5 Å². The summed E-state index contributed by atoms with van der Waals surface area (Å²) in [5.41, 5.74) is 1.03. The zero-order chi connectivity index (χ0) is 15.4. The average molecular weight is 306 g/mol. The first kappa shape index (κ1) is 15.7. The highest BCUT2D eigenvalue weighted by Crippen LogP contribution is 2.24. The van der Waals surface area contributed by atoms with Gasteiger partial charge in [0, 0.05) is 11.3 Å². The lowest BCUT2D eigenvalue weighted by atomic mass is 10.2. The van der Waals surface area contributed by atoms with Crippen LogP contribution in [0.1, 0.15) is 57.3 Å². The van der Waals surface area contributed by atoms with Crippen molar-refractivity contribution in [3.63, 3.8) is 0 Å². The summed E-state index contributed by atoms with van der Waals surface area (Å²) >= 11 is 1.70. The fraction of sp³-hybridized carbons (Fsp3) is 0.533. The van der Waals surface area contributed by atoms with Crippen LogP contribution in [0.5, 0.6) is 5.88 Å². The van der Waals surface area contributed by atoms with Gasteiger partial charge in [-0.25, -0.2) is 4.98 Å². The van der Waals surface area contributed by atoms with Crippen LogP contribution >= 0.6 is 11.3 Å². The number of nitrogens with zero attached hydrogens (tertiary/aromatic N) is 3. The quantitative estimate of drug-likeness (QED) is 0.873. The van der Waals surface area contributed by atoms with Crippen molar-refractivity contribution in [2.75, 3.05) is 5.32 Å². The Hall–Kier alpha value is -1.69. The lowest BCUT2D eigenvalue weighted by molar-refractivity contribution is 0.232. The van der Waals surface area contributed by atoms with Crippen molar-refractivity contribution < 1.29 is 4.74 Å². The second-order valence-electron chi connectivity index (χ2n) is 5.54. The number of aromatic nitrogens is 3. The van der Waals surface area contributed by atoms with E-state index in [1.165, 1.54) is 0 Å². The maximum absolute atomic E-state index is 5.55. The normalized spacial score (nSPS) is 12.7. The summed E-state index contributed by atoms with van der Waals surface area (Å²) in [5, 5.41) is 6.56. The molecule has 0 saturated carbocycles. The second kappa shape index (κ2) is 6.85. The largest absolute Gasteiger partial charge is 0.474 e. The molecule has 0 aliphatic rings. The predicted octanol–water partition coefficient (Wildman–Crippen LogP) is 4.02. The molecule has 1 atom stereocenters. The van der Waals surface area contributed by atoms with Crippen LogP contribution in [-0.2, 0) is 0 Å². The van der Waals surface area contributed by atoms with E-state index in [4.69, 9.17) is 4.74 Å². The second-order valence-corrected chi connectivity index (χ2v) is 6.43. The molecule has 0 aliphatic heterocycles. The van der Waals surface area contributed by atoms with Crippen molar-refractivity contribution in [1.82, 2.24) is 15.0 Å². The molecule has 0 aliphatic carbocycles. The molecule has 0 saturated heterocycles. The van der Waals surface area contributed by atoms with Crippen molar-refractivity contribution in [1.29, 1.82) is 0 Å². The van der Waals surface area contributed by atoms with E-state index in [0.717, 1.165) is 10.7 Å². The van der Waals surface area contributed by atoms with Crippen LogP contribution in [0.4, 0.5) is 5.82 Å². The fourth-order valence-corrected chi connectivity index (χ4v) is 2.71. The lowest BCUT2D eigenvalue weighted by Gasteiger charge is -2.14. The molecule has 2 aromatic rings. The van der Waals surface area contributed by atoms with E-state index >= 15 is 0 Å². The third-order valence-corrected chi connectivity index (χ3v) is 3.97. The van der Waals surface area contributed by atoms with Crippen LogP contribution in [-0.4, -0.2) is 21.1 Å². The number of hydrogen-bond acceptors (Lipinski definition) is 6. The molecule has 1 N–H and O–H groups in total. The first-order chi connectivity index (χ1) is 9.95. The Balaban J connectivity index is 2.06. The number of ether oxygens (including phenoxy) is 1. The summed E-state index contributed by atoms with van der Waals surface area (Å²) in [6.45, 7) is 10.3. The third kappa shape index (κ3) is 4.39. The minimum Gasteiger partial charge on any atom is -0.474 e. The van der Waals surface area contributed by atoms with E-state index < -0.39 is 0 Å². The molecule has 0 fully saturated rings. The smallest absolute Gasteiger partial charge is 0.234 e. The van der Waals surface area contributed by atoms with Gasteiger partial charge >= 0.3 is 0 Å². The molecule has 0 amide bonds. The maximum atomic E-state index is 5.55. The van der Waals surface area contributed by atoms with E-state index in [0.29, 0.717) is 17.6 Å². The van der Waals surface area contributed by atoms with Crippen LogP contribution in [0.25, 0.3) is 0 Å². The predicted molar refractivity (Wildman–Crippen MR) is 86.0 cm³/mol. The van der Waals surface area contributed by atoms with Gasteiger partial charge in [-0.2, -0.15) is 4.98 Å². The van der Waals surface area contributed by atoms with Gasteiger partial charge in [0.1, 0.15) is 5.82 Å². The molecular formula is C15H22N4OS. The Morgan fingerprint density at radius 2 is 1.86 bits per heavy atom. The number of nitrogens with one attached hydrogen (secondary N) is 1. The fourth-order valence-electron chi connectivity index (χ4n) is 1.78. The zero-order valence-electron chi connectivity index (χ0n) is 13.1. The van der Waals surface area contributed by atoms with Crippen molar-refractivity contribution in [2.24, 2.45) is 0 Å². The van der Waals surface area contributed by atoms with Gasteiger partial charge < -0.3 is 10.1 Å². The van der Waals surface area contributed by atoms with E-state index in [1.807, 2.05) is 13.8 Å². The Morgan fingerprint density at radius 1 is 1.10 bits per heavy atom. The van der Waals surface area contributed by atoms with E-state index in [-0.39, 0.29) is 12.1 Å². The van der Waals surface area contributed by atoms with E-state index in [9.17, 15) is 0 Å². The Kier molecular flexibility index (Phi) is 5.12. The van der Waals surface area contributed by atoms with Gasteiger partial charge in [-0.15, -0.1) is 11.3 Å². The summed E-state index contributed by atoms with van der Waals surface area (Å²) in [4.78, 5) is 13.2. The topological polar surface area (TPSA) is 59.9 Å². The molecule has 0 spiro atoms. The van der Waals surface area contributed by atoms with Gasteiger partial charge in [0.15, 0.2) is 0 Å². The molecule has 0 radical (unpaired) electrons. The van der Waals surface area contributed by atoms with E-state index in [2.05, 4.69) is 46.4 Å². The zero-order valence-corrected chi connectivity index (χ0v) is 13.9. The molecule has 114 valence electrons. The van der Waals surface area contributed by atoms with Gasteiger partial charge in [0.05, 0.1) is 35.2 Å². The number of thiazole rings is 1. The van der Waals surface area contributed by atoms with Gasteiger partial charge in [0.2, 0.25) is 5.88 Å². The highest BCUT2D eigenvalue weighted by Gasteiger charge is 2.13. The molecule has 5 nitrogen and oxygen atoms in total. The first-order valence-electron chi connectivity index (χ1n) is 7.16. The molecule has 1 unspecified atom stereocenters. The minimum atomic E-state index is 0.0809. The van der Waals surface area contributed by atoms with Crippen LogP contribution in [0, 0.1) is 0 Å². The maximum Gasteiger partial charge on any atom is 0.234 e. The molecule has 0 aromatic carbocycles. The van der Waals surface area contributed by atoms with Gasteiger partial charge in [-0.05, 0) is 20.8 Å². The van der Waals surface area contributed by atoms with Crippen molar-refractivity contribution >= 4 is 17.2 Å². The van der Waals surface area contributed by atoms with Crippen LogP contribution in [0.3, 0.4) is 0 Å². The first-order valence-corrected chi connectivity index (χ1v) is 8.04. The van der Waals surface area contributed by atoms with E-state index in [1.54, 1.807) is 23.7 Å². The van der Waals surface area contributed by atoms with Gasteiger partial charge in [-0.1, -0.05) is 13.8 Å². The van der Waals surface area contributed by atoms with Crippen LogP contribution in [0.15, 0.2) is 17.8 Å². The molecule has 2 rings (SSSR count). The highest BCUT2D eigenvalue weighted by atomic mass is 32.1. The Bertz CT molecular complexity index is 583. The molecule has 21 heavy (non-hydrogen) atoms. The monoisotopic (exact) mass is 306 g/mol. The van der Waals surface area contributed by atoms with Crippen molar-refractivity contribution in [2.45, 2.75) is 52.7 Å². The summed E-state index contributed by atoms with van der Waals surface area (Å²) in [6, 6.07) is 0.0809. The summed E-state index contributed by atoms with van der Waals surface area (Å²) in [6.07, 6.45) is 3.40. The Morgan fingerprint density at radius 3 is 2.48 bits per heavy atom. The summed E-state index contributed by atoms with van der Waals surface area (Å²) in [7, 11) is 0. The molecule has 6 heteroatoms. The Labute approximate surface area is 129 Å². The summed E-state index contributed by atoms with van der Waals surface area (Å²) in [5.74, 6) is 1.68. The van der Waals surface area contributed by atoms with Crippen LogP contribution < -0.4 is 10.1 Å². The lowest BCUT2D eigenvalue weighted by Crippen LogP contribution is -2.11. The third-order valence-electron chi connectivity index (χ3n) is 2.81. The number of rotatable bonds is 6. The molecule has 2 aromatic heterocycles. The molecular weight excluding hydrogens is 284 g/mol. The highest BCUT2D eigenvalue weighted by molar-refractivity contribution is 7.09. The van der Waals surface area contributed by atoms with Gasteiger partial charge in [-0.3, -0.25) is 4.98 Å². The van der Waals surface area contributed by atoms with Crippen LogP contribution in [0.2, 0.25) is 0 Å².